The van der Waals surface area contributed by atoms with E-state index in [1.165, 1.54) is 26.3 Å². The number of pyridine rings is 2. The molecule has 0 unspecified atom stereocenters. The van der Waals surface area contributed by atoms with Crippen LogP contribution in [0.25, 0.3) is 65.7 Å². The van der Waals surface area contributed by atoms with Crippen molar-refractivity contribution in [2.75, 3.05) is 0 Å². The molecule has 0 saturated heterocycles. The van der Waals surface area contributed by atoms with Gasteiger partial charge < -0.3 is 14.4 Å². The van der Waals surface area contributed by atoms with E-state index in [1.807, 2.05) is 56.6 Å². The number of hydrogen-bond donors (Lipinski definition) is 0. The molecule has 51 heavy (non-hydrogen) atoms. The first kappa shape index (κ1) is 33.7. The van der Waals surface area contributed by atoms with Crippen molar-refractivity contribution in [3.8, 4) is 33.6 Å². The fraction of sp³-hybridized carbons (Fsp3) is 0.217. The Hall–Kier alpha value is -4.41. The minimum absolute atomic E-state index is 0. The number of fused-ring (bicyclic) bond motifs is 5. The molecule has 0 fully saturated rings. The molecule has 4 heterocycles. The first-order valence-electron chi connectivity index (χ1n) is 18.1. The van der Waals surface area contributed by atoms with Gasteiger partial charge in [0.25, 0.3) is 0 Å². The molecular formula is C46H42IrN2OS-2. The minimum Gasteiger partial charge on any atom is -0.500 e. The Morgan fingerprint density at radius 1 is 0.745 bits per heavy atom. The fourth-order valence-electron chi connectivity index (χ4n) is 6.52. The summed E-state index contributed by atoms with van der Waals surface area (Å²) in [5.41, 5.74) is 13.5. The molecule has 3 nitrogen and oxygen atoms in total. The van der Waals surface area contributed by atoms with E-state index in [-0.39, 0.29) is 26.0 Å². The molecule has 0 N–H and O–H groups in total. The van der Waals surface area contributed by atoms with E-state index in [0.717, 1.165) is 66.4 Å². The molecule has 0 aliphatic rings. The predicted octanol–water partition coefficient (Wildman–Crippen LogP) is 12.9. The molecule has 259 valence electrons. The average molecular weight is 865 g/mol. The standard InChI is InChI=1S/C32H28NOS.C14H14N.Ir/c1-18(2)14-22-16-28(33-17-27(22)30-19(3)8-6-9-20(30)4)25-11-7-10-23-24-12-13-29-26(15-21(5)35-29)32(24)34-31(23)25;1-10-4-6-13(7-5-10)14-8-11(2)12(3)9-15-14;/h6-10,12-13,15-18H,14H2,1-5H3;4-6,8-9H,1-3H3;/q2*-1;/i14D2;;. The maximum atomic E-state index is 9.06. The molecule has 0 atom stereocenters. The monoisotopic (exact) mass is 865 g/mol. The largest absolute Gasteiger partial charge is 0.500 e. The fourth-order valence-corrected chi connectivity index (χ4v) is 7.45. The molecule has 0 amide bonds. The summed E-state index contributed by atoms with van der Waals surface area (Å²) in [5, 5.41) is 3.21. The molecular weight excluding hydrogens is 821 g/mol. The molecule has 1 radical (unpaired) electrons. The smallest absolute Gasteiger partial charge is 0.129 e. The van der Waals surface area contributed by atoms with Crippen LogP contribution in [0, 0.1) is 59.6 Å². The van der Waals surface area contributed by atoms with Crippen molar-refractivity contribution in [1.82, 2.24) is 9.97 Å². The molecule has 0 aliphatic heterocycles. The summed E-state index contributed by atoms with van der Waals surface area (Å²) in [6.45, 7) is 16.4. The summed E-state index contributed by atoms with van der Waals surface area (Å²) in [4.78, 5) is 10.5. The van der Waals surface area contributed by atoms with Crippen molar-refractivity contribution < 1.29 is 27.3 Å². The van der Waals surface area contributed by atoms with Crippen molar-refractivity contribution in [3.63, 3.8) is 0 Å². The van der Waals surface area contributed by atoms with E-state index in [1.54, 1.807) is 11.3 Å². The predicted molar refractivity (Wildman–Crippen MR) is 212 cm³/mol. The number of hydrogen-bond acceptors (Lipinski definition) is 4. The Morgan fingerprint density at radius 2 is 1.49 bits per heavy atom. The van der Waals surface area contributed by atoms with Crippen LogP contribution in [0.5, 0.6) is 0 Å². The van der Waals surface area contributed by atoms with E-state index >= 15 is 0 Å². The van der Waals surface area contributed by atoms with Gasteiger partial charge in [0.15, 0.2) is 0 Å². The SMILES string of the molecule is Cc1c[c-]c(-c2cc(C)c(C)cn2)cc1.[2H]C([2H])(c1cc(-c2[c-]ccc3c2oc2c4cc(C)sc4ccc32)ncc1-c1c(C)cccc1C)C(C)C.[Ir]. The molecule has 5 heteroatoms. The van der Waals surface area contributed by atoms with Gasteiger partial charge in [0.05, 0.1) is 5.58 Å². The van der Waals surface area contributed by atoms with Gasteiger partial charge in [0.2, 0.25) is 0 Å². The second-order valence-electron chi connectivity index (χ2n) is 13.5. The van der Waals surface area contributed by atoms with Gasteiger partial charge in [-0.25, -0.2) is 0 Å². The summed E-state index contributed by atoms with van der Waals surface area (Å²) in [5.74, 6) is -0.216. The average Bonchev–Trinajstić information content (AvgIpc) is 3.70. The van der Waals surface area contributed by atoms with Crippen LogP contribution in [0.3, 0.4) is 0 Å². The third kappa shape index (κ3) is 7.35. The number of benzene rings is 4. The number of furan rings is 1. The molecule has 0 spiro atoms. The van der Waals surface area contributed by atoms with Crippen molar-refractivity contribution in [2.24, 2.45) is 5.92 Å². The molecule has 0 saturated carbocycles. The van der Waals surface area contributed by atoms with Crippen LogP contribution in [-0.2, 0) is 26.5 Å². The zero-order valence-electron chi connectivity index (χ0n) is 32.3. The maximum Gasteiger partial charge on any atom is 0.129 e. The second kappa shape index (κ2) is 15.1. The van der Waals surface area contributed by atoms with E-state index < -0.39 is 6.37 Å². The van der Waals surface area contributed by atoms with E-state index in [2.05, 4.69) is 107 Å². The number of aromatic nitrogens is 2. The first-order valence-corrected chi connectivity index (χ1v) is 17.9. The Kier molecular flexibility index (Phi) is 9.95. The number of thiophene rings is 1. The van der Waals surface area contributed by atoms with E-state index in [9.17, 15) is 0 Å². The van der Waals surface area contributed by atoms with Gasteiger partial charge in [-0.1, -0.05) is 73.7 Å². The minimum atomic E-state index is -1.55. The van der Waals surface area contributed by atoms with Gasteiger partial charge in [0.1, 0.15) is 5.58 Å². The maximum absolute atomic E-state index is 9.06. The van der Waals surface area contributed by atoms with Crippen molar-refractivity contribution >= 4 is 43.4 Å². The third-order valence-corrected chi connectivity index (χ3v) is 10.2. The van der Waals surface area contributed by atoms with Gasteiger partial charge in [-0.3, -0.25) is 0 Å². The van der Waals surface area contributed by atoms with Crippen molar-refractivity contribution in [1.29, 1.82) is 0 Å². The molecule has 0 aliphatic carbocycles. The normalized spacial score (nSPS) is 12.1. The quantitative estimate of drug-likeness (QED) is 0.162. The Labute approximate surface area is 322 Å². The zero-order valence-corrected chi connectivity index (χ0v) is 33.5. The third-order valence-electron chi connectivity index (χ3n) is 9.19. The number of nitrogens with zero attached hydrogens (tertiary/aromatic N) is 2. The number of aryl methyl sites for hydroxylation is 6. The van der Waals surface area contributed by atoms with Gasteiger partial charge in [0, 0.05) is 61.2 Å². The Bertz CT molecular complexity index is 2580. The van der Waals surface area contributed by atoms with Crippen LogP contribution < -0.4 is 0 Å². The van der Waals surface area contributed by atoms with Crippen molar-refractivity contribution in [3.05, 3.63) is 142 Å². The molecule has 4 aromatic carbocycles. The van der Waals surface area contributed by atoms with Crippen LogP contribution in [-0.4, -0.2) is 9.97 Å². The van der Waals surface area contributed by atoms with Crippen LogP contribution in [0.1, 0.15) is 54.8 Å². The Balaban J connectivity index is 0.000000252. The topological polar surface area (TPSA) is 38.9 Å². The van der Waals surface area contributed by atoms with Gasteiger partial charge in [-0.05, 0) is 98.2 Å². The molecule has 4 aromatic heterocycles. The van der Waals surface area contributed by atoms with E-state index in [4.69, 9.17) is 12.1 Å². The summed E-state index contributed by atoms with van der Waals surface area (Å²) in [6, 6.07) is 33.3. The zero-order chi connectivity index (χ0) is 36.9. The number of rotatable bonds is 5. The molecule has 0 bridgehead atoms. The van der Waals surface area contributed by atoms with Gasteiger partial charge >= 0.3 is 0 Å². The van der Waals surface area contributed by atoms with Gasteiger partial charge in [-0.15, -0.1) is 64.9 Å². The summed E-state index contributed by atoms with van der Waals surface area (Å²) in [6.07, 6.45) is 2.19. The van der Waals surface area contributed by atoms with Gasteiger partial charge in [-0.2, -0.15) is 0 Å². The second-order valence-corrected chi connectivity index (χ2v) is 14.8. The summed E-state index contributed by atoms with van der Waals surface area (Å²) in [7, 11) is 0. The summed E-state index contributed by atoms with van der Waals surface area (Å²) < 4.78 is 25.9. The Morgan fingerprint density at radius 3 is 2.20 bits per heavy atom. The van der Waals surface area contributed by atoms with Crippen LogP contribution in [0.2, 0.25) is 0 Å². The first-order chi connectivity index (χ1) is 24.8. The van der Waals surface area contributed by atoms with Crippen molar-refractivity contribution in [2.45, 2.75) is 61.8 Å². The van der Waals surface area contributed by atoms with E-state index in [0.29, 0.717) is 11.3 Å². The van der Waals surface area contributed by atoms with Crippen LogP contribution in [0.15, 0.2) is 95.7 Å². The summed E-state index contributed by atoms with van der Waals surface area (Å²) >= 11 is 1.76. The molecule has 8 aromatic rings. The molecule has 8 rings (SSSR count). The van der Waals surface area contributed by atoms with Crippen LogP contribution in [0.4, 0.5) is 0 Å². The van der Waals surface area contributed by atoms with Crippen LogP contribution >= 0.6 is 11.3 Å².